The Kier molecular flexibility index (Phi) is 3.92. The largest absolute Gasteiger partial charge is 0.299 e. The van der Waals surface area contributed by atoms with Gasteiger partial charge in [-0.15, -0.1) is 10.2 Å². The van der Waals surface area contributed by atoms with Gasteiger partial charge in [0.15, 0.2) is 11.0 Å². The number of benzene rings is 1. The summed E-state index contributed by atoms with van der Waals surface area (Å²) in [5.41, 5.74) is 0.569. The van der Waals surface area contributed by atoms with Crippen molar-refractivity contribution in [3.63, 3.8) is 0 Å². The van der Waals surface area contributed by atoms with Gasteiger partial charge in [-0.1, -0.05) is 0 Å². The maximum atomic E-state index is 14.2. The van der Waals surface area contributed by atoms with Crippen molar-refractivity contribution in [3.8, 4) is 11.4 Å². The van der Waals surface area contributed by atoms with Crippen LogP contribution in [0.3, 0.4) is 0 Å². The lowest BCUT2D eigenvalue weighted by Gasteiger charge is -2.08. The van der Waals surface area contributed by atoms with Crippen LogP contribution in [0.5, 0.6) is 0 Å². The molecule has 0 spiro atoms. The molecule has 0 aliphatic heterocycles. The van der Waals surface area contributed by atoms with Crippen molar-refractivity contribution in [2.75, 3.05) is 0 Å². The molecule has 2 heterocycles. The monoisotopic (exact) mass is 357 g/mol. The molecule has 0 saturated heterocycles. The van der Waals surface area contributed by atoms with Gasteiger partial charge in [0, 0.05) is 30.1 Å². The zero-order chi connectivity index (χ0) is 17.4. The van der Waals surface area contributed by atoms with Crippen molar-refractivity contribution in [1.82, 2.24) is 19.7 Å². The van der Waals surface area contributed by atoms with Crippen LogP contribution in [0.15, 0.2) is 52.8 Å². The molecule has 0 atom stereocenters. The minimum Gasteiger partial charge on any atom is -0.299 e. The Hall–Kier alpha value is -2.81. The molecule has 1 aliphatic carbocycles. The zero-order valence-corrected chi connectivity index (χ0v) is 13.7. The van der Waals surface area contributed by atoms with Crippen molar-refractivity contribution < 1.29 is 9.31 Å². The van der Waals surface area contributed by atoms with Gasteiger partial charge >= 0.3 is 0 Å². The number of hydrogen-bond acceptors (Lipinski definition) is 6. The second kappa shape index (κ2) is 6.25. The molecular weight excluding hydrogens is 345 g/mol. The summed E-state index contributed by atoms with van der Waals surface area (Å²) >= 11 is 1.12. The van der Waals surface area contributed by atoms with Crippen LogP contribution in [-0.2, 0) is 0 Å². The first-order chi connectivity index (χ1) is 12.1. The average molecular weight is 357 g/mol. The molecule has 7 nitrogen and oxygen atoms in total. The summed E-state index contributed by atoms with van der Waals surface area (Å²) in [6.07, 6.45) is 5.43. The van der Waals surface area contributed by atoms with Gasteiger partial charge in [0.1, 0.15) is 5.82 Å². The van der Waals surface area contributed by atoms with Gasteiger partial charge in [-0.3, -0.25) is 19.7 Å². The van der Waals surface area contributed by atoms with E-state index in [1.165, 1.54) is 12.1 Å². The highest BCUT2D eigenvalue weighted by molar-refractivity contribution is 7.99. The summed E-state index contributed by atoms with van der Waals surface area (Å²) in [7, 11) is 0. The number of hydrogen-bond donors (Lipinski definition) is 0. The van der Waals surface area contributed by atoms with Gasteiger partial charge in [-0.25, -0.2) is 4.39 Å². The topological polar surface area (TPSA) is 86.7 Å². The molecule has 0 unspecified atom stereocenters. The molecule has 1 aromatic carbocycles. The van der Waals surface area contributed by atoms with E-state index in [0.717, 1.165) is 36.2 Å². The van der Waals surface area contributed by atoms with Gasteiger partial charge in [-0.2, -0.15) is 0 Å². The SMILES string of the molecule is O=[N+]([O-])c1ccc(Sc2nnc(-c3cccnc3)n2C2CC2)c(F)c1. The molecule has 4 rings (SSSR count). The smallest absolute Gasteiger partial charge is 0.272 e. The third-order valence-corrected chi connectivity index (χ3v) is 4.84. The minimum absolute atomic E-state index is 0.276. The van der Waals surface area contributed by atoms with Crippen molar-refractivity contribution >= 4 is 17.4 Å². The summed E-state index contributed by atoms with van der Waals surface area (Å²) in [6, 6.07) is 7.61. The zero-order valence-electron chi connectivity index (χ0n) is 12.9. The summed E-state index contributed by atoms with van der Waals surface area (Å²) < 4.78 is 16.2. The van der Waals surface area contributed by atoms with E-state index in [-0.39, 0.29) is 16.6 Å². The Morgan fingerprint density at radius 1 is 1.28 bits per heavy atom. The Morgan fingerprint density at radius 3 is 2.76 bits per heavy atom. The van der Waals surface area contributed by atoms with E-state index in [1.54, 1.807) is 12.4 Å². The first kappa shape index (κ1) is 15.7. The highest BCUT2D eigenvalue weighted by Gasteiger charge is 2.30. The van der Waals surface area contributed by atoms with E-state index in [4.69, 9.17) is 0 Å². The normalized spacial score (nSPS) is 13.8. The average Bonchev–Trinajstić information content (AvgIpc) is 3.37. The number of aromatic nitrogens is 4. The third-order valence-electron chi connectivity index (χ3n) is 3.82. The van der Waals surface area contributed by atoms with E-state index in [9.17, 15) is 14.5 Å². The molecular formula is C16H12FN5O2S. The van der Waals surface area contributed by atoms with E-state index < -0.39 is 10.7 Å². The fraction of sp³-hybridized carbons (Fsp3) is 0.188. The van der Waals surface area contributed by atoms with Crippen molar-refractivity contribution in [2.45, 2.75) is 28.9 Å². The summed E-state index contributed by atoms with van der Waals surface area (Å²) in [5.74, 6) is 0.0490. The lowest BCUT2D eigenvalue weighted by atomic mass is 10.3. The maximum Gasteiger partial charge on any atom is 0.272 e. The number of rotatable bonds is 5. The van der Waals surface area contributed by atoms with E-state index >= 15 is 0 Å². The number of non-ortho nitro benzene ring substituents is 1. The van der Waals surface area contributed by atoms with Gasteiger partial charge in [0.05, 0.1) is 15.9 Å². The number of nitro benzene ring substituents is 1. The van der Waals surface area contributed by atoms with E-state index in [1.807, 2.05) is 16.7 Å². The molecule has 1 saturated carbocycles. The van der Waals surface area contributed by atoms with Crippen LogP contribution in [0, 0.1) is 15.9 Å². The van der Waals surface area contributed by atoms with Crippen LogP contribution in [0.1, 0.15) is 18.9 Å². The van der Waals surface area contributed by atoms with Crippen LogP contribution in [0.4, 0.5) is 10.1 Å². The van der Waals surface area contributed by atoms with E-state index in [0.29, 0.717) is 11.0 Å². The molecule has 126 valence electrons. The summed E-state index contributed by atoms with van der Waals surface area (Å²) in [5, 5.41) is 19.7. The van der Waals surface area contributed by atoms with Crippen LogP contribution in [0.25, 0.3) is 11.4 Å². The van der Waals surface area contributed by atoms with Crippen LogP contribution in [0.2, 0.25) is 0 Å². The van der Waals surface area contributed by atoms with Gasteiger partial charge in [0.25, 0.3) is 5.69 Å². The molecule has 0 N–H and O–H groups in total. The molecule has 0 bridgehead atoms. The fourth-order valence-electron chi connectivity index (χ4n) is 2.48. The van der Waals surface area contributed by atoms with Crippen LogP contribution < -0.4 is 0 Å². The summed E-state index contributed by atoms with van der Waals surface area (Å²) in [6.45, 7) is 0. The number of nitrogens with zero attached hydrogens (tertiary/aromatic N) is 5. The lowest BCUT2D eigenvalue weighted by Crippen LogP contribution is -2.00. The predicted molar refractivity (Wildman–Crippen MR) is 88.7 cm³/mol. The summed E-state index contributed by atoms with van der Waals surface area (Å²) in [4.78, 5) is 14.5. The highest BCUT2D eigenvalue weighted by Crippen LogP contribution is 2.42. The molecule has 0 amide bonds. The van der Waals surface area contributed by atoms with Crippen LogP contribution >= 0.6 is 11.8 Å². The first-order valence-corrected chi connectivity index (χ1v) is 8.42. The van der Waals surface area contributed by atoms with Crippen molar-refractivity contribution in [3.05, 3.63) is 58.7 Å². The molecule has 2 aromatic heterocycles. The molecule has 1 aliphatic rings. The first-order valence-electron chi connectivity index (χ1n) is 7.60. The lowest BCUT2D eigenvalue weighted by molar-refractivity contribution is -0.385. The Labute approximate surface area is 146 Å². The second-order valence-electron chi connectivity index (χ2n) is 5.62. The van der Waals surface area contributed by atoms with Gasteiger partial charge < -0.3 is 0 Å². The third kappa shape index (κ3) is 3.10. The molecule has 0 radical (unpaired) electrons. The fourth-order valence-corrected chi connectivity index (χ4v) is 3.39. The van der Waals surface area contributed by atoms with Crippen molar-refractivity contribution in [2.24, 2.45) is 0 Å². The van der Waals surface area contributed by atoms with E-state index in [2.05, 4.69) is 15.2 Å². The minimum atomic E-state index is -0.646. The number of nitro groups is 1. The molecule has 25 heavy (non-hydrogen) atoms. The molecule has 9 heteroatoms. The highest BCUT2D eigenvalue weighted by atomic mass is 32.2. The van der Waals surface area contributed by atoms with Crippen molar-refractivity contribution in [1.29, 1.82) is 0 Å². The Balaban J connectivity index is 1.70. The van der Waals surface area contributed by atoms with Crippen LogP contribution in [-0.4, -0.2) is 24.7 Å². The molecule has 3 aromatic rings. The standard InChI is InChI=1S/C16H12FN5O2S/c17-13-8-12(22(23)24)5-6-14(13)25-16-20-19-15(21(16)11-3-4-11)10-2-1-7-18-9-10/h1-2,5-9,11H,3-4H2. The Morgan fingerprint density at radius 2 is 2.12 bits per heavy atom. The predicted octanol–water partition coefficient (Wildman–Crippen LogP) is 3.87. The maximum absolute atomic E-state index is 14.2. The number of halogens is 1. The van der Waals surface area contributed by atoms with Gasteiger partial charge in [0.2, 0.25) is 0 Å². The second-order valence-corrected chi connectivity index (χ2v) is 6.63. The Bertz CT molecular complexity index is 943. The van der Waals surface area contributed by atoms with Gasteiger partial charge in [-0.05, 0) is 42.8 Å². The number of pyridine rings is 1. The molecule has 1 fully saturated rings. The quantitative estimate of drug-likeness (QED) is 0.509.